The van der Waals surface area contributed by atoms with Gasteiger partial charge in [0.05, 0.1) is 0 Å². The molecule has 0 bridgehead atoms. The van der Waals surface area contributed by atoms with Gasteiger partial charge in [-0.1, -0.05) is 18.2 Å². The number of carbonyl (C=O) groups excluding carboxylic acids is 2. The van der Waals surface area contributed by atoms with Gasteiger partial charge in [0.1, 0.15) is 0 Å². The maximum Gasteiger partial charge on any atom is 0.373 e. The summed E-state index contributed by atoms with van der Waals surface area (Å²) in [6.07, 6.45) is 0. The summed E-state index contributed by atoms with van der Waals surface area (Å²) in [4.78, 5) is 23.5. The van der Waals surface area contributed by atoms with Crippen molar-refractivity contribution in [2.75, 3.05) is 0 Å². The maximum absolute atomic E-state index is 11.7. The second-order valence-electron chi connectivity index (χ2n) is 4.01. The van der Waals surface area contributed by atoms with Gasteiger partial charge in [-0.15, -0.1) is 0 Å². The molecular formula is C12H12IO4+. The van der Waals surface area contributed by atoms with Crippen molar-refractivity contribution >= 4 is 11.9 Å². The van der Waals surface area contributed by atoms with Gasteiger partial charge in [-0.05, 0) is 12.1 Å². The Balaban J connectivity index is 2.12. The number of ether oxygens (including phenoxy) is 2. The number of esters is 2. The van der Waals surface area contributed by atoms with Crippen LogP contribution in [0.2, 0.25) is 0 Å². The third-order valence-electron chi connectivity index (χ3n) is 2.07. The lowest BCUT2D eigenvalue weighted by atomic mass is 10.3. The van der Waals surface area contributed by atoms with Gasteiger partial charge in [0.25, 0.3) is 5.79 Å². The molecule has 0 unspecified atom stereocenters. The molecular weight excluding hydrogens is 335 g/mol. The monoisotopic (exact) mass is 347 g/mol. The van der Waals surface area contributed by atoms with Crippen molar-refractivity contribution in [3.8, 4) is 0 Å². The molecule has 0 saturated carbocycles. The molecule has 0 amide bonds. The highest BCUT2D eigenvalue weighted by molar-refractivity contribution is 5.99. The minimum absolute atomic E-state index is 0.470. The molecule has 5 heteroatoms. The predicted octanol–water partition coefficient (Wildman–Crippen LogP) is -1.85. The quantitative estimate of drug-likeness (QED) is 0.273. The highest BCUT2D eigenvalue weighted by atomic mass is 127. The molecule has 17 heavy (non-hydrogen) atoms. The number of halogens is 1. The lowest BCUT2D eigenvalue weighted by Gasteiger charge is -2.29. The molecule has 2 rings (SSSR count). The number of alkyl halides is 1. The Labute approximate surface area is 110 Å². The summed E-state index contributed by atoms with van der Waals surface area (Å²) < 4.78 is 10.4. The summed E-state index contributed by atoms with van der Waals surface area (Å²) in [5.41, 5.74) is 0. The van der Waals surface area contributed by atoms with Crippen LogP contribution in [-0.4, -0.2) is 21.7 Å². The first kappa shape index (κ1) is 12.3. The van der Waals surface area contributed by atoms with Gasteiger partial charge in [0, 0.05) is 13.8 Å². The van der Waals surface area contributed by atoms with Crippen molar-refractivity contribution < 1.29 is 40.3 Å². The average Bonchev–Trinajstić information content (AvgIpc) is 2.24. The van der Waals surface area contributed by atoms with Crippen LogP contribution in [0.4, 0.5) is 0 Å². The Hall–Kier alpha value is -1.11. The molecule has 1 aromatic carbocycles. The average molecular weight is 347 g/mol. The van der Waals surface area contributed by atoms with Crippen LogP contribution in [0, 0.1) is 3.57 Å². The molecule has 0 radical (unpaired) electrons. The van der Waals surface area contributed by atoms with Gasteiger partial charge >= 0.3 is 37.1 Å². The van der Waals surface area contributed by atoms with E-state index in [9.17, 15) is 9.59 Å². The Morgan fingerprint density at radius 1 is 1.06 bits per heavy atom. The molecule has 1 aliphatic rings. The van der Waals surface area contributed by atoms with Crippen molar-refractivity contribution in [2.45, 2.75) is 23.6 Å². The molecule has 0 aliphatic carbocycles. The normalized spacial score (nSPS) is 19.6. The molecule has 1 aromatic rings. The first-order chi connectivity index (χ1) is 7.98. The number of cyclic esters (lactones) is 2. The van der Waals surface area contributed by atoms with Crippen molar-refractivity contribution in [1.29, 1.82) is 0 Å². The third-order valence-corrected chi connectivity index (χ3v) is 5.15. The first-order valence-electron chi connectivity index (χ1n) is 5.12. The second-order valence-corrected chi connectivity index (χ2v) is 7.12. The molecule has 1 fully saturated rings. The van der Waals surface area contributed by atoms with Gasteiger partial charge in [-0.2, -0.15) is 0 Å². The van der Waals surface area contributed by atoms with E-state index in [0.29, 0.717) is 0 Å². The smallest absolute Gasteiger partial charge is 0.373 e. The third kappa shape index (κ3) is 2.96. The van der Waals surface area contributed by atoms with Gasteiger partial charge in [-0.25, -0.2) is 9.59 Å². The molecule has 4 nitrogen and oxygen atoms in total. The summed E-state index contributed by atoms with van der Waals surface area (Å²) in [5.74, 6) is -2.07. The molecule has 0 spiro atoms. The molecule has 0 N–H and O–H groups in total. The van der Waals surface area contributed by atoms with E-state index in [0.717, 1.165) is 3.57 Å². The van der Waals surface area contributed by atoms with E-state index in [-0.39, 0.29) is 0 Å². The zero-order valence-electron chi connectivity index (χ0n) is 9.48. The van der Waals surface area contributed by atoms with E-state index < -0.39 is 42.9 Å². The zero-order chi connectivity index (χ0) is 12.5. The van der Waals surface area contributed by atoms with Crippen molar-refractivity contribution in [3.05, 3.63) is 33.9 Å². The van der Waals surface area contributed by atoms with Crippen LogP contribution in [0.1, 0.15) is 13.8 Å². The van der Waals surface area contributed by atoms with Crippen molar-refractivity contribution in [2.24, 2.45) is 0 Å². The number of hydrogen-bond acceptors (Lipinski definition) is 4. The maximum atomic E-state index is 11.7. The topological polar surface area (TPSA) is 52.6 Å². The Kier molecular flexibility index (Phi) is 3.37. The van der Waals surface area contributed by atoms with E-state index in [4.69, 9.17) is 9.47 Å². The van der Waals surface area contributed by atoms with E-state index in [1.54, 1.807) is 13.8 Å². The fourth-order valence-corrected chi connectivity index (χ4v) is 3.72. The van der Waals surface area contributed by atoms with E-state index in [1.807, 2.05) is 30.3 Å². The number of benzene rings is 1. The summed E-state index contributed by atoms with van der Waals surface area (Å²) in [7, 11) is 0. The molecule has 1 heterocycles. The Morgan fingerprint density at radius 3 is 2.12 bits per heavy atom. The van der Waals surface area contributed by atoms with Crippen LogP contribution in [0.5, 0.6) is 0 Å². The van der Waals surface area contributed by atoms with E-state index in [2.05, 4.69) is 0 Å². The second kappa shape index (κ2) is 4.64. The van der Waals surface area contributed by atoms with Crippen LogP contribution >= 0.6 is 0 Å². The standard InChI is InChI=1S/C12H12IO4/c1-12(2)16-10(14)9(11(15)17-12)13-8-6-4-3-5-7-8/h3-7,9H,1-2H3/q+1. The zero-order valence-corrected chi connectivity index (χ0v) is 11.6. The lowest BCUT2D eigenvalue weighted by molar-refractivity contribution is -0.644. The van der Waals surface area contributed by atoms with Crippen LogP contribution in [0.25, 0.3) is 0 Å². The number of carbonyl (C=O) groups is 2. The molecule has 0 aromatic heterocycles. The van der Waals surface area contributed by atoms with Gasteiger partial charge < -0.3 is 9.47 Å². The Morgan fingerprint density at radius 2 is 1.59 bits per heavy atom. The summed E-state index contributed by atoms with van der Waals surface area (Å²) in [5, 5.41) is 0. The summed E-state index contributed by atoms with van der Waals surface area (Å²) >= 11 is -0.766. The van der Waals surface area contributed by atoms with Crippen molar-refractivity contribution in [1.82, 2.24) is 0 Å². The lowest BCUT2D eigenvalue weighted by Crippen LogP contribution is -3.66. The predicted molar refractivity (Wildman–Crippen MR) is 55.2 cm³/mol. The minimum atomic E-state index is -1.13. The highest BCUT2D eigenvalue weighted by Crippen LogP contribution is 2.17. The van der Waals surface area contributed by atoms with E-state index >= 15 is 0 Å². The number of rotatable bonds is 2. The minimum Gasteiger partial charge on any atom is -0.419 e. The van der Waals surface area contributed by atoms with Crippen molar-refractivity contribution in [3.63, 3.8) is 0 Å². The molecule has 1 saturated heterocycles. The van der Waals surface area contributed by atoms with Gasteiger partial charge in [0.15, 0.2) is 3.57 Å². The summed E-state index contributed by atoms with van der Waals surface area (Å²) in [6, 6.07) is 9.49. The first-order valence-corrected chi connectivity index (χ1v) is 7.44. The van der Waals surface area contributed by atoms with Crippen LogP contribution in [-0.2, 0) is 19.1 Å². The van der Waals surface area contributed by atoms with Crippen LogP contribution in [0.15, 0.2) is 30.3 Å². The molecule has 0 atom stereocenters. The fourth-order valence-electron chi connectivity index (χ4n) is 1.41. The molecule has 1 aliphatic heterocycles. The van der Waals surface area contributed by atoms with E-state index in [1.165, 1.54) is 0 Å². The number of hydrogen-bond donors (Lipinski definition) is 0. The SMILES string of the molecule is CC1(C)OC(=O)C([I+]c2ccccc2)C(=O)O1. The largest absolute Gasteiger partial charge is 0.419 e. The molecule has 90 valence electrons. The summed E-state index contributed by atoms with van der Waals surface area (Å²) in [6.45, 7) is 3.11. The van der Waals surface area contributed by atoms with Gasteiger partial charge in [-0.3, -0.25) is 0 Å². The van der Waals surface area contributed by atoms with Gasteiger partial charge in [0.2, 0.25) is 0 Å². The Bertz CT molecular complexity index is 421. The highest BCUT2D eigenvalue weighted by Gasteiger charge is 2.52. The van der Waals surface area contributed by atoms with Crippen LogP contribution < -0.4 is 21.2 Å². The fraction of sp³-hybridized carbons (Fsp3) is 0.333. The van der Waals surface area contributed by atoms with Crippen LogP contribution in [0.3, 0.4) is 0 Å².